The van der Waals surface area contributed by atoms with Crippen molar-refractivity contribution < 1.29 is 9.15 Å². The summed E-state index contributed by atoms with van der Waals surface area (Å²) < 4.78 is 10.8. The molecule has 0 atom stereocenters. The zero-order chi connectivity index (χ0) is 18.4. The number of halogens is 1. The molecule has 1 aromatic carbocycles. The van der Waals surface area contributed by atoms with Gasteiger partial charge in [-0.05, 0) is 31.5 Å². The normalized spacial score (nSPS) is 11.7. The van der Waals surface area contributed by atoms with Gasteiger partial charge < -0.3 is 19.8 Å². The Morgan fingerprint density at radius 1 is 1.19 bits per heavy atom. The summed E-state index contributed by atoms with van der Waals surface area (Å²) >= 11 is 0. The fourth-order valence-electron chi connectivity index (χ4n) is 2.44. The molecule has 2 aromatic rings. The minimum absolute atomic E-state index is 0. The van der Waals surface area contributed by atoms with Gasteiger partial charge in [0.15, 0.2) is 5.96 Å². The summed E-state index contributed by atoms with van der Waals surface area (Å²) in [6.07, 6.45) is 0. The van der Waals surface area contributed by atoms with Gasteiger partial charge in [-0.15, -0.1) is 24.0 Å². The standard InChI is InChI=1S/C19H28N4O2.HI/c1-13-14(2)25-17(23-13)11-21-18(20-5)22-12-19(3,4)15-7-9-16(24-6)10-8-15;/h7-10H,11-12H2,1-6H3,(H2,20,21,22);1H. The number of aliphatic imine (C=N–C) groups is 1. The number of benzene rings is 1. The van der Waals surface area contributed by atoms with Gasteiger partial charge in [-0.1, -0.05) is 26.0 Å². The molecule has 0 unspecified atom stereocenters. The summed E-state index contributed by atoms with van der Waals surface area (Å²) in [6.45, 7) is 9.47. The highest BCUT2D eigenvalue weighted by molar-refractivity contribution is 14.0. The Labute approximate surface area is 172 Å². The monoisotopic (exact) mass is 472 g/mol. The Kier molecular flexibility index (Phi) is 8.39. The predicted molar refractivity (Wildman–Crippen MR) is 116 cm³/mol. The minimum Gasteiger partial charge on any atom is -0.497 e. The van der Waals surface area contributed by atoms with Crippen LogP contribution in [-0.2, 0) is 12.0 Å². The largest absolute Gasteiger partial charge is 0.497 e. The lowest BCUT2D eigenvalue weighted by Crippen LogP contribution is -2.43. The van der Waals surface area contributed by atoms with E-state index in [0.717, 1.165) is 29.7 Å². The Balaban J connectivity index is 0.00000338. The Morgan fingerprint density at radius 3 is 2.35 bits per heavy atom. The molecule has 0 aliphatic rings. The first kappa shape index (κ1) is 22.3. The molecule has 0 fully saturated rings. The minimum atomic E-state index is -0.0556. The molecule has 0 saturated heterocycles. The van der Waals surface area contributed by atoms with Gasteiger partial charge >= 0.3 is 0 Å². The first-order valence-electron chi connectivity index (χ1n) is 8.37. The SMILES string of the molecule is CN=C(NCc1nc(C)c(C)o1)NCC(C)(C)c1ccc(OC)cc1.I. The first-order valence-corrected chi connectivity index (χ1v) is 8.37. The highest BCUT2D eigenvalue weighted by Gasteiger charge is 2.21. The zero-order valence-corrected chi connectivity index (χ0v) is 18.7. The fourth-order valence-corrected chi connectivity index (χ4v) is 2.44. The number of rotatable bonds is 6. The molecular weight excluding hydrogens is 443 g/mol. The van der Waals surface area contributed by atoms with Gasteiger partial charge in [0.2, 0.25) is 5.89 Å². The maximum Gasteiger partial charge on any atom is 0.214 e. The van der Waals surface area contributed by atoms with E-state index in [4.69, 9.17) is 9.15 Å². The van der Waals surface area contributed by atoms with Crippen molar-refractivity contribution in [2.24, 2.45) is 4.99 Å². The van der Waals surface area contributed by atoms with Crippen LogP contribution in [-0.4, -0.2) is 31.6 Å². The third-order valence-corrected chi connectivity index (χ3v) is 4.27. The fraction of sp³-hybridized carbons (Fsp3) is 0.474. The number of methoxy groups -OCH3 is 1. The summed E-state index contributed by atoms with van der Waals surface area (Å²) in [5.74, 6) is 3.09. The van der Waals surface area contributed by atoms with Gasteiger partial charge in [-0.3, -0.25) is 4.99 Å². The maximum absolute atomic E-state index is 5.58. The van der Waals surface area contributed by atoms with E-state index in [0.29, 0.717) is 12.4 Å². The molecule has 0 saturated carbocycles. The van der Waals surface area contributed by atoms with Crippen LogP contribution in [0.15, 0.2) is 33.7 Å². The molecule has 0 amide bonds. The smallest absolute Gasteiger partial charge is 0.214 e. The van der Waals surface area contributed by atoms with Crippen LogP contribution in [0.5, 0.6) is 5.75 Å². The number of aryl methyl sites for hydroxylation is 2. The molecule has 2 rings (SSSR count). The molecule has 7 heteroatoms. The van der Waals surface area contributed by atoms with Crippen LogP contribution >= 0.6 is 24.0 Å². The number of hydrogen-bond acceptors (Lipinski definition) is 4. The number of ether oxygens (including phenoxy) is 1. The van der Waals surface area contributed by atoms with Crippen molar-refractivity contribution in [1.82, 2.24) is 15.6 Å². The molecule has 144 valence electrons. The second-order valence-corrected chi connectivity index (χ2v) is 6.64. The van der Waals surface area contributed by atoms with Gasteiger partial charge in [0.25, 0.3) is 0 Å². The first-order chi connectivity index (χ1) is 11.9. The Bertz CT molecular complexity index is 704. The average Bonchev–Trinajstić information content (AvgIpc) is 2.93. The summed E-state index contributed by atoms with van der Waals surface area (Å²) in [5.41, 5.74) is 2.09. The van der Waals surface area contributed by atoms with Crippen LogP contribution in [0.2, 0.25) is 0 Å². The van der Waals surface area contributed by atoms with Gasteiger partial charge in [0, 0.05) is 19.0 Å². The van der Waals surface area contributed by atoms with E-state index >= 15 is 0 Å². The third kappa shape index (κ3) is 5.89. The zero-order valence-electron chi connectivity index (χ0n) is 16.3. The van der Waals surface area contributed by atoms with Gasteiger partial charge in [0.05, 0.1) is 19.3 Å². The third-order valence-electron chi connectivity index (χ3n) is 4.27. The van der Waals surface area contributed by atoms with Crippen LogP contribution in [0.25, 0.3) is 0 Å². The van der Waals surface area contributed by atoms with Crippen molar-refractivity contribution in [3.8, 4) is 5.75 Å². The number of aromatic nitrogens is 1. The second-order valence-electron chi connectivity index (χ2n) is 6.64. The summed E-state index contributed by atoms with van der Waals surface area (Å²) in [4.78, 5) is 8.63. The van der Waals surface area contributed by atoms with E-state index in [1.807, 2.05) is 26.0 Å². The molecular formula is C19H29IN4O2. The van der Waals surface area contributed by atoms with Crippen molar-refractivity contribution in [2.45, 2.75) is 39.7 Å². The average molecular weight is 472 g/mol. The lowest BCUT2D eigenvalue weighted by molar-refractivity contribution is 0.414. The van der Waals surface area contributed by atoms with Crippen LogP contribution in [0, 0.1) is 13.8 Å². The molecule has 1 aromatic heterocycles. The van der Waals surface area contributed by atoms with E-state index in [9.17, 15) is 0 Å². The predicted octanol–water partition coefficient (Wildman–Crippen LogP) is 3.56. The lowest BCUT2D eigenvalue weighted by atomic mass is 9.84. The van der Waals surface area contributed by atoms with Crippen LogP contribution in [0.3, 0.4) is 0 Å². The van der Waals surface area contributed by atoms with Crippen molar-refractivity contribution in [2.75, 3.05) is 20.7 Å². The summed E-state index contributed by atoms with van der Waals surface area (Å²) in [7, 11) is 3.43. The lowest BCUT2D eigenvalue weighted by Gasteiger charge is -2.27. The highest BCUT2D eigenvalue weighted by atomic mass is 127. The Hall–Kier alpha value is -1.77. The van der Waals surface area contributed by atoms with Crippen LogP contribution in [0.4, 0.5) is 0 Å². The molecule has 6 nitrogen and oxygen atoms in total. The molecule has 0 bridgehead atoms. The molecule has 2 N–H and O–H groups in total. The van der Waals surface area contributed by atoms with Crippen molar-refractivity contribution >= 4 is 29.9 Å². The molecule has 0 spiro atoms. The van der Waals surface area contributed by atoms with Crippen molar-refractivity contribution in [3.05, 3.63) is 47.2 Å². The molecule has 0 aliphatic carbocycles. The number of nitrogens with zero attached hydrogens (tertiary/aromatic N) is 2. The van der Waals surface area contributed by atoms with Crippen molar-refractivity contribution in [1.29, 1.82) is 0 Å². The van der Waals surface area contributed by atoms with E-state index in [1.165, 1.54) is 5.56 Å². The van der Waals surface area contributed by atoms with E-state index < -0.39 is 0 Å². The van der Waals surface area contributed by atoms with Crippen LogP contribution in [0.1, 0.15) is 36.8 Å². The van der Waals surface area contributed by atoms with Crippen molar-refractivity contribution in [3.63, 3.8) is 0 Å². The number of nitrogens with one attached hydrogen (secondary N) is 2. The summed E-state index contributed by atoms with van der Waals surface area (Å²) in [6, 6.07) is 8.15. The topological polar surface area (TPSA) is 71.7 Å². The molecule has 1 heterocycles. The highest BCUT2D eigenvalue weighted by Crippen LogP contribution is 2.24. The van der Waals surface area contributed by atoms with Gasteiger partial charge in [0.1, 0.15) is 11.5 Å². The van der Waals surface area contributed by atoms with E-state index in [2.05, 4.69) is 46.6 Å². The van der Waals surface area contributed by atoms with Crippen LogP contribution < -0.4 is 15.4 Å². The van der Waals surface area contributed by atoms with E-state index in [1.54, 1.807) is 14.2 Å². The number of guanidine groups is 1. The number of hydrogen-bond donors (Lipinski definition) is 2. The van der Waals surface area contributed by atoms with Gasteiger partial charge in [-0.25, -0.2) is 4.98 Å². The summed E-state index contributed by atoms with van der Waals surface area (Å²) in [5, 5.41) is 6.60. The molecule has 26 heavy (non-hydrogen) atoms. The molecule has 0 aliphatic heterocycles. The maximum atomic E-state index is 5.58. The second kappa shape index (κ2) is 9.80. The van der Waals surface area contributed by atoms with E-state index in [-0.39, 0.29) is 29.4 Å². The Morgan fingerprint density at radius 2 is 1.85 bits per heavy atom. The number of oxazole rings is 1. The quantitative estimate of drug-likeness (QED) is 0.382. The van der Waals surface area contributed by atoms with Gasteiger partial charge in [-0.2, -0.15) is 0 Å². The molecule has 0 radical (unpaired) electrons.